The maximum Gasteiger partial charge on any atom is 0.0702 e. The number of benzene rings is 1. The highest BCUT2D eigenvalue weighted by Gasteiger charge is 2.24. The lowest BCUT2D eigenvalue weighted by atomic mass is 10.0. The van der Waals surface area contributed by atoms with Crippen molar-refractivity contribution >= 4 is 10.9 Å². The van der Waals surface area contributed by atoms with Crippen LogP contribution in [0.5, 0.6) is 0 Å². The first-order chi connectivity index (χ1) is 10.9. The van der Waals surface area contributed by atoms with Crippen molar-refractivity contribution in [2.75, 3.05) is 19.6 Å². The number of piperidine rings is 1. The van der Waals surface area contributed by atoms with Gasteiger partial charge in [-0.2, -0.15) is 0 Å². The molecular weight excluding hydrogens is 270 g/mol. The highest BCUT2D eigenvalue weighted by molar-refractivity contribution is 5.78. The fourth-order valence-electron chi connectivity index (χ4n) is 3.43. The van der Waals surface area contributed by atoms with Crippen molar-refractivity contribution in [1.29, 1.82) is 0 Å². The van der Waals surface area contributed by atoms with E-state index in [1.54, 1.807) is 0 Å². The molecule has 2 heterocycles. The van der Waals surface area contributed by atoms with Gasteiger partial charge >= 0.3 is 0 Å². The molecule has 1 N–H and O–H groups in total. The number of aromatic nitrogens is 1. The largest absolute Gasteiger partial charge is 0.314 e. The van der Waals surface area contributed by atoms with E-state index in [9.17, 15) is 0 Å². The summed E-state index contributed by atoms with van der Waals surface area (Å²) in [5.41, 5.74) is 2.50. The monoisotopic (exact) mass is 295 g/mol. The molecule has 3 heteroatoms. The maximum atomic E-state index is 4.40. The lowest BCUT2D eigenvalue weighted by Gasteiger charge is -2.32. The summed E-state index contributed by atoms with van der Waals surface area (Å²) in [4.78, 5) is 6.99. The summed E-state index contributed by atoms with van der Waals surface area (Å²) in [7, 11) is 0. The summed E-state index contributed by atoms with van der Waals surface area (Å²) in [6.45, 7) is 4.75. The third kappa shape index (κ3) is 3.47. The van der Waals surface area contributed by atoms with E-state index in [1.807, 2.05) is 12.3 Å². The maximum absolute atomic E-state index is 4.40. The number of pyridine rings is 1. The molecule has 0 atom stereocenters. The summed E-state index contributed by atoms with van der Waals surface area (Å²) in [5, 5.41) is 5.01. The third-order valence-electron chi connectivity index (χ3n) is 5.05. The molecule has 2 fully saturated rings. The first kappa shape index (κ1) is 14.2. The van der Waals surface area contributed by atoms with Crippen molar-refractivity contribution in [3.63, 3.8) is 0 Å². The minimum atomic E-state index is 0.748. The second-order valence-electron chi connectivity index (χ2n) is 6.93. The highest BCUT2D eigenvalue weighted by Crippen LogP contribution is 2.28. The smallest absolute Gasteiger partial charge is 0.0702 e. The molecule has 1 saturated carbocycles. The van der Waals surface area contributed by atoms with Gasteiger partial charge in [0.2, 0.25) is 0 Å². The molecule has 4 rings (SSSR count). The molecule has 0 amide bonds. The van der Waals surface area contributed by atoms with Crippen LogP contribution >= 0.6 is 0 Å². The molecule has 0 spiro atoms. The van der Waals surface area contributed by atoms with Gasteiger partial charge in [-0.3, -0.25) is 9.88 Å². The van der Waals surface area contributed by atoms with Gasteiger partial charge in [-0.1, -0.05) is 12.1 Å². The van der Waals surface area contributed by atoms with Crippen LogP contribution in [0.1, 0.15) is 31.2 Å². The lowest BCUT2D eigenvalue weighted by Crippen LogP contribution is -2.42. The molecule has 1 aliphatic carbocycles. The van der Waals surface area contributed by atoms with Gasteiger partial charge in [0.1, 0.15) is 0 Å². The molecule has 3 nitrogen and oxygen atoms in total. The summed E-state index contributed by atoms with van der Waals surface area (Å²) >= 11 is 0. The molecular formula is C19H25N3. The molecule has 1 saturated heterocycles. The van der Waals surface area contributed by atoms with Crippen LogP contribution in [0.2, 0.25) is 0 Å². The van der Waals surface area contributed by atoms with E-state index in [-0.39, 0.29) is 0 Å². The fourth-order valence-corrected chi connectivity index (χ4v) is 3.43. The van der Waals surface area contributed by atoms with Crippen LogP contribution < -0.4 is 5.32 Å². The SMILES string of the molecule is c1cnc2ccc(CN3CCC(NCC4CC4)CC3)cc2c1. The van der Waals surface area contributed by atoms with Gasteiger partial charge in [-0.25, -0.2) is 0 Å². The number of likely N-dealkylation sites (tertiary alicyclic amines) is 1. The van der Waals surface area contributed by atoms with Crippen LogP contribution in [-0.4, -0.2) is 35.6 Å². The van der Waals surface area contributed by atoms with Gasteiger partial charge in [-0.05, 0) is 75.0 Å². The fraction of sp³-hybridized carbons (Fsp3) is 0.526. The summed E-state index contributed by atoms with van der Waals surface area (Å²) < 4.78 is 0. The number of fused-ring (bicyclic) bond motifs is 1. The average Bonchev–Trinajstić information content (AvgIpc) is 3.38. The molecule has 0 bridgehead atoms. The zero-order valence-electron chi connectivity index (χ0n) is 13.2. The van der Waals surface area contributed by atoms with E-state index in [1.165, 1.54) is 56.3 Å². The number of nitrogens with one attached hydrogen (secondary N) is 1. The quantitative estimate of drug-likeness (QED) is 0.918. The number of nitrogens with zero attached hydrogens (tertiary/aromatic N) is 2. The van der Waals surface area contributed by atoms with Crippen LogP contribution in [0.3, 0.4) is 0 Å². The zero-order chi connectivity index (χ0) is 14.8. The Labute approximate surface area is 132 Å². The topological polar surface area (TPSA) is 28.2 Å². The molecule has 2 aliphatic rings. The second kappa shape index (κ2) is 6.35. The average molecular weight is 295 g/mol. The normalized spacial score (nSPS) is 20.5. The van der Waals surface area contributed by atoms with E-state index in [0.29, 0.717) is 0 Å². The minimum Gasteiger partial charge on any atom is -0.314 e. The second-order valence-corrected chi connectivity index (χ2v) is 6.93. The first-order valence-corrected chi connectivity index (χ1v) is 8.66. The Bertz CT molecular complexity index is 627. The van der Waals surface area contributed by atoms with Crippen LogP contribution in [0.4, 0.5) is 0 Å². The van der Waals surface area contributed by atoms with Crippen LogP contribution in [-0.2, 0) is 6.54 Å². The molecule has 1 aromatic carbocycles. The Morgan fingerprint density at radius 1 is 1.09 bits per heavy atom. The van der Waals surface area contributed by atoms with Gasteiger partial charge in [-0.15, -0.1) is 0 Å². The standard InChI is InChI=1S/C19H25N3/c1-2-17-12-16(5-6-19(17)20-9-1)14-22-10-7-18(8-11-22)21-13-15-3-4-15/h1-2,5-6,9,12,15,18,21H,3-4,7-8,10-11,13-14H2. The molecule has 1 aromatic heterocycles. The van der Waals surface area contributed by atoms with Gasteiger partial charge in [0.15, 0.2) is 0 Å². The lowest BCUT2D eigenvalue weighted by molar-refractivity contribution is 0.190. The summed E-state index contributed by atoms with van der Waals surface area (Å²) in [5.74, 6) is 0.990. The number of hydrogen-bond acceptors (Lipinski definition) is 3. The van der Waals surface area contributed by atoms with Gasteiger partial charge in [0.25, 0.3) is 0 Å². The van der Waals surface area contributed by atoms with E-state index >= 15 is 0 Å². The van der Waals surface area contributed by atoms with Crippen molar-refractivity contribution in [2.24, 2.45) is 5.92 Å². The summed E-state index contributed by atoms with van der Waals surface area (Å²) in [6, 6.07) is 11.6. The highest BCUT2D eigenvalue weighted by atomic mass is 15.1. The van der Waals surface area contributed by atoms with Crippen LogP contribution in [0, 0.1) is 5.92 Å². The zero-order valence-corrected chi connectivity index (χ0v) is 13.2. The van der Waals surface area contributed by atoms with Crippen molar-refractivity contribution in [1.82, 2.24) is 15.2 Å². The van der Waals surface area contributed by atoms with Crippen molar-refractivity contribution in [2.45, 2.75) is 38.3 Å². The van der Waals surface area contributed by atoms with Crippen molar-refractivity contribution in [3.8, 4) is 0 Å². The third-order valence-corrected chi connectivity index (χ3v) is 5.05. The van der Waals surface area contributed by atoms with Crippen molar-refractivity contribution < 1.29 is 0 Å². The molecule has 2 aromatic rings. The van der Waals surface area contributed by atoms with E-state index < -0.39 is 0 Å². The molecule has 0 radical (unpaired) electrons. The molecule has 1 aliphatic heterocycles. The Balaban J connectivity index is 1.31. The minimum absolute atomic E-state index is 0.748. The molecule has 0 unspecified atom stereocenters. The van der Waals surface area contributed by atoms with Crippen LogP contribution in [0.15, 0.2) is 36.5 Å². The Hall–Kier alpha value is -1.45. The van der Waals surface area contributed by atoms with E-state index in [4.69, 9.17) is 0 Å². The van der Waals surface area contributed by atoms with Crippen molar-refractivity contribution in [3.05, 3.63) is 42.1 Å². The Morgan fingerprint density at radius 3 is 2.77 bits per heavy atom. The Morgan fingerprint density at radius 2 is 1.95 bits per heavy atom. The Kier molecular flexibility index (Phi) is 4.09. The first-order valence-electron chi connectivity index (χ1n) is 8.66. The molecule has 116 valence electrons. The van der Waals surface area contributed by atoms with Gasteiger partial charge < -0.3 is 5.32 Å². The van der Waals surface area contributed by atoms with Gasteiger partial charge in [0, 0.05) is 24.2 Å². The van der Waals surface area contributed by atoms with Crippen LogP contribution in [0.25, 0.3) is 10.9 Å². The van der Waals surface area contributed by atoms with Gasteiger partial charge in [0.05, 0.1) is 5.52 Å². The summed E-state index contributed by atoms with van der Waals surface area (Å²) in [6.07, 6.45) is 7.34. The number of rotatable bonds is 5. The van der Waals surface area contributed by atoms with E-state index in [2.05, 4.69) is 39.5 Å². The number of hydrogen-bond donors (Lipinski definition) is 1. The molecule has 22 heavy (non-hydrogen) atoms. The van der Waals surface area contributed by atoms with E-state index in [0.717, 1.165) is 24.0 Å². The predicted octanol–water partition coefficient (Wildman–Crippen LogP) is 3.20. The predicted molar refractivity (Wildman–Crippen MR) is 90.8 cm³/mol.